The third kappa shape index (κ3) is 4.66. The van der Waals surface area contributed by atoms with E-state index in [1.807, 2.05) is 0 Å². The molecule has 9 heteroatoms. The Labute approximate surface area is 164 Å². The maximum absolute atomic E-state index is 12.2. The fraction of sp³-hybridized carbons (Fsp3) is 0.111. The molecule has 2 aromatic carbocycles. The zero-order valence-corrected chi connectivity index (χ0v) is 15.9. The van der Waals surface area contributed by atoms with Gasteiger partial charge < -0.3 is 11.2 Å². The summed E-state index contributed by atoms with van der Waals surface area (Å²) in [5, 5.41) is 11.9. The summed E-state index contributed by atoms with van der Waals surface area (Å²) in [6, 6.07) is 13.8. The molecule has 3 aromatic rings. The van der Waals surface area contributed by atoms with Crippen molar-refractivity contribution >= 4 is 40.7 Å². The number of carbonyl (C=O) groups is 2. The largest absolute Gasteiger partial charge is 0.335 e. The van der Waals surface area contributed by atoms with E-state index in [9.17, 15) is 9.59 Å². The van der Waals surface area contributed by atoms with Crippen molar-refractivity contribution < 1.29 is 9.59 Å². The van der Waals surface area contributed by atoms with Gasteiger partial charge in [-0.1, -0.05) is 35.5 Å². The summed E-state index contributed by atoms with van der Waals surface area (Å²) in [4.78, 5) is 23.6. The Morgan fingerprint density at radius 1 is 1.19 bits per heavy atom. The van der Waals surface area contributed by atoms with E-state index in [0.29, 0.717) is 27.3 Å². The number of nitrogens with zero attached hydrogens (tertiary/aromatic N) is 3. The molecule has 7 nitrogen and oxygen atoms in total. The van der Waals surface area contributed by atoms with Crippen LogP contribution in [0.3, 0.4) is 0 Å². The van der Waals surface area contributed by atoms with Crippen LogP contribution in [0.25, 0.3) is 11.4 Å². The second-order valence-electron chi connectivity index (χ2n) is 5.66. The monoisotopic (exact) mass is 401 g/mol. The molecule has 0 spiro atoms. The standard InChI is InChI=1S/C18H16ClN5O2S/c1-11(25)13-3-2-4-15(9-13)21-16(26)10-27-18-23-22-17(24(18)20)12-5-7-14(19)8-6-12/h2-9H,10,20H2,1H3,(H,21,26). The first kappa shape index (κ1) is 18.9. The molecule has 0 unspecified atom stereocenters. The highest BCUT2D eigenvalue weighted by Gasteiger charge is 2.14. The van der Waals surface area contributed by atoms with Crippen LogP contribution in [0.5, 0.6) is 0 Å². The van der Waals surface area contributed by atoms with Crippen molar-refractivity contribution in [3.05, 3.63) is 59.1 Å². The first-order valence-electron chi connectivity index (χ1n) is 7.94. The van der Waals surface area contributed by atoms with E-state index in [0.717, 1.165) is 17.3 Å². The molecule has 0 radical (unpaired) electrons. The number of nitrogens with one attached hydrogen (secondary N) is 1. The minimum Gasteiger partial charge on any atom is -0.335 e. The number of amides is 1. The SMILES string of the molecule is CC(=O)c1cccc(NC(=O)CSc2nnc(-c3ccc(Cl)cc3)n2N)c1. The normalized spacial score (nSPS) is 10.6. The predicted molar refractivity (Wildman–Crippen MR) is 106 cm³/mol. The average molecular weight is 402 g/mol. The number of rotatable bonds is 6. The number of Topliss-reactive ketones (excluding diaryl/α,β-unsaturated/α-hetero) is 1. The maximum atomic E-state index is 12.2. The lowest BCUT2D eigenvalue weighted by molar-refractivity contribution is -0.113. The molecular weight excluding hydrogens is 386 g/mol. The number of ketones is 1. The number of carbonyl (C=O) groups excluding carboxylic acids is 2. The lowest BCUT2D eigenvalue weighted by Crippen LogP contribution is -2.16. The molecule has 3 N–H and O–H groups in total. The predicted octanol–water partition coefficient (Wildman–Crippen LogP) is 3.25. The third-order valence-electron chi connectivity index (χ3n) is 3.65. The molecule has 138 valence electrons. The van der Waals surface area contributed by atoms with Gasteiger partial charge in [-0.2, -0.15) is 0 Å². The number of halogens is 1. The Hall–Kier alpha value is -2.84. The van der Waals surface area contributed by atoms with Crippen molar-refractivity contribution in [2.75, 3.05) is 16.9 Å². The van der Waals surface area contributed by atoms with E-state index < -0.39 is 0 Å². The van der Waals surface area contributed by atoms with E-state index in [1.165, 1.54) is 11.6 Å². The van der Waals surface area contributed by atoms with Crippen LogP contribution < -0.4 is 11.2 Å². The molecule has 0 fully saturated rings. The quantitative estimate of drug-likeness (QED) is 0.373. The molecular formula is C18H16ClN5O2S. The second-order valence-corrected chi connectivity index (χ2v) is 7.04. The molecule has 0 aliphatic rings. The van der Waals surface area contributed by atoms with Gasteiger partial charge in [0, 0.05) is 21.8 Å². The van der Waals surface area contributed by atoms with Crippen molar-refractivity contribution in [3.8, 4) is 11.4 Å². The molecule has 0 aliphatic carbocycles. The molecule has 1 amide bonds. The van der Waals surface area contributed by atoms with Crippen LogP contribution in [0.1, 0.15) is 17.3 Å². The molecule has 1 heterocycles. The highest BCUT2D eigenvalue weighted by atomic mass is 35.5. The average Bonchev–Trinajstić information content (AvgIpc) is 3.01. The molecule has 0 aliphatic heterocycles. The summed E-state index contributed by atoms with van der Waals surface area (Å²) in [5.41, 5.74) is 1.87. The van der Waals surface area contributed by atoms with E-state index >= 15 is 0 Å². The number of aromatic nitrogens is 3. The number of hydrogen-bond donors (Lipinski definition) is 2. The molecule has 27 heavy (non-hydrogen) atoms. The minimum absolute atomic E-state index is 0.0635. The van der Waals surface area contributed by atoms with Crippen molar-refractivity contribution in [2.45, 2.75) is 12.1 Å². The lowest BCUT2D eigenvalue weighted by atomic mass is 10.1. The van der Waals surface area contributed by atoms with Crippen LogP contribution in [0.4, 0.5) is 5.69 Å². The summed E-state index contributed by atoms with van der Waals surface area (Å²) < 4.78 is 1.33. The van der Waals surface area contributed by atoms with Crippen LogP contribution in [0, 0.1) is 0 Å². The zero-order valence-electron chi connectivity index (χ0n) is 14.3. The highest BCUT2D eigenvalue weighted by molar-refractivity contribution is 7.99. The number of nitrogens with two attached hydrogens (primary N) is 1. The molecule has 0 bridgehead atoms. The van der Waals surface area contributed by atoms with Crippen LogP contribution in [-0.4, -0.2) is 32.3 Å². The molecule has 3 rings (SSSR count). The molecule has 0 saturated heterocycles. The number of benzene rings is 2. The zero-order chi connectivity index (χ0) is 19.4. The molecule has 1 aromatic heterocycles. The van der Waals surface area contributed by atoms with Gasteiger partial charge in [0.25, 0.3) is 0 Å². The third-order valence-corrected chi connectivity index (χ3v) is 4.85. The van der Waals surface area contributed by atoms with E-state index in [1.54, 1.807) is 48.5 Å². The van der Waals surface area contributed by atoms with Crippen molar-refractivity contribution in [2.24, 2.45) is 0 Å². The lowest BCUT2D eigenvalue weighted by Gasteiger charge is -2.06. The second kappa shape index (κ2) is 8.24. The van der Waals surface area contributed by atoms with Gasteiger partial charge in [0.2, 0.25) is 11.1 Å². The van der Waals surface area contributed by atoms with Crippen molar-refractivity contribution in [3.63, 3.8) is 0 Å². The van der Waals surface area contributed by atoms with E-state index in [-0.39, 0.29) is 17.4 Å². The summed E-state index contributed by atoms with van der Waals surface area (Å²) >= 11 is 7.04. The van der Waals surface area contributed by atoms with Crippen LogP contribution in [-0.2, 0) is 4.79 Å². The summed E-state index contributed by atoms with van der Waals surface area (Å²) in [6.07, 6.45) is 0. The summed E-state index contributed by atoms with van der Waals surface area (Å²) in [7, 11) is 0. The fourth-order valence-corrected chi connectivity index (χ4v) is 3.10. The Bertz CT molecular complexity index is 988. The van der Waals surface area contributed by atoms with Gasteiger partial charge in [0.05, 0.1) is 5.75 Å². The van der Waals surface area contributed by atoms with Gasteiger partial charge in [-0.3, -0.25) is 9.59 Å². The Kier molecular flexibility index (Phi) is 5.78. The first-order chi connectivity index (χ1) is 12.9. The number of anilines is 1. The topological polar surface area (TPSA) is 103 Å². The molecule has 0 atom stereocenters. The van der Waals surface area contributed by atoms with Crippen molar-refractivity contribution in [1.29, 1.82) is 0 Å². The molecule has 0 saturated carbocycles. The van der Waals surface area contributed by atoms with Gasteiger partial charge in [-0.15, -0.1) is 10.2 Å². The van der Waals surface area contributed by atoms with E-state index in [2.05, 4.69) is 15.5 Å². The van der Waals surface area contributed by atoms with E-state index in [4.69, 9.17) is 17.4 Å². The maximum Gasteiger partial charge on any atom is 0.234 e. The smallest absolute Gasteiger partial charge is 0.234 e. The Morgan fingerprint density at radius 2 is 1.93 bits per heavy atom. The van der Waals surface area contributed by atoms with Gasteiger partial charge in [0.15, 0.2) is 11.6 Å². The number of thioether (sulfide) groups is 1. The van der Waals surface area contributed by atoms with Gasteiger partial charge in [-0.25, -0.2) is 4.68 Å². The summed E-state index contributed by atoms with van der Waals surface area (Å²) in [5.74, 6) is 6.30. The van der Waals surface area contributed by atoms with Crippen LogP contribution in [0.2, 0.25) is 5.02 Å². The minimum atomic E-state index is -0.239. The summed E-state index contributed by atoms with van der Waals surface area (Å²) in [6.45, 7) is 1.48. The van der Waals surface area contributed by atoms with Gasteiger partial charge in [0.1, 0.15) is 0 Å². The van der Waals surface area contributed by atoms with Crippen LogP contribution >= 0.6 is 23.4 Å². The fourth-order valence-electron chi connectivity index (χ4n) is 2.31. The number of hydrogen-bond acceptors (Lipinski definition) is 6. The first-order valence-corrected chi connectivity index (χ1v) is 9.30. The van der Waals surface area contributed by atoms with Crippen LogP contribution in [0.15, 0.2) is 53.7 Å². The Morgan fingerprint density at radius 3 is 2.63 bits per heavy atom. The number of nitrogen functional groups attached to an aromatic ring is 1. The van der Waals surface area contributed by atoms with Gasteiger partial charge >= 0.3 is 0 Å². The highest BCUT2D eigenvalue weighted by Crippen LogP contribution is 2.23. The Balaban J connectivity index is 1.63. The van der Waals surface area contributed by atoms with Gasteiger partial charge in [-0.05, 0) is 43.3 Å². The van der Waals surface area contributed by atoms with Crippen molar-refractivity contribution in [1.82, 2.24) is 14.9 Å².